The summed E-state index contributed by atoms with van der Waals surface area (Å²) >= 11 is 0. The van der Waals surface area contributed by atoms with E-state index < -0.39 is 54.2 Å². The molecule has 0 fully saturated rings. The van der Waals surface area contributed by atoms with Crippen molar-refractivity contribution in [2.45, 2.75) is 51.2 Å². The maximum absolute atomic E-state index is 12.9. The quantitative estimate of drug-likeness (QED) is 0.199. The number of hydrogen-bond acceptors (Lipinski definition) is 6. The molecule has 1 heterocycles. The summed E-state index contributed by atoms with van der Waals surface area (Å²) in [6, 6.07) is 3.26. The number of nitrogens with two attached hydrogens (primary N) is 1. The van der Waals surface area contributed by atoms with Crippen LogP contribution >= 0.6 is 0 Å². The third-order valence-corrected chi connectivity index (χ3v) is 5.27. The number of nitrogens with one attached hydrogen (secondary N) is 4. The van der Waals surface area contributed by atoms with Crippen LogP contribution in [-0.2, 0) is 30.4 Å². The Kier molecular flexibility index (Phi) is 9.76. The van der Waals surface area contributed by atoms with Gasteiger partial charge in [-0.3, -0.25) is 19.2 Å². The average molecular weight is 490 g/mol. The van der Waals surface area contributed by atoms with Gasteiger partial charge in [-0.1, -0.05) is 32.0 Å². The molecule has 12 nitrogen and oxygen atoms in total. The van der Waals surface area contributed by atoms with E-state index in [4.69, 9.17) is 5.73 Å². The summed E-state index contributed by atoms with van der Waals surface area (Å²) in [4.78, 5) is 63.6. The standard InChI is InChI=1S/C23H31N5O7/c1-12(2)7-16(26-19(29)10-24)21(32)27-17(9-20(30)31)22(33)28-18(23(34)35)8-13-11-25-15-6-4-3-5-14(13)15/h3-6,11-12,16-18,25H,7-10,24H2,1-2H3,(H,26,29)(H,27,32)(H,28,33)(H,30,31)(H,34,35). The predicted molar refractivity (Wildman–Crippen MR) is 126 cm³/mol. The lowest BCUT2D eigenvalue weighted by Gasteiger charge is -2.24. The summed E-state index contributed by atoms with van der Waals surface area (Å²) in [6.45, 7) is 3.28. The van der Waals surface area contributed by atoms with Gasteiger partial charge in [0.05, 0.1) is 13.0 Å². The van der Waals surface area contributed by atoms with Gasteiger partial charge in [-0.15, -0.1) is 0 Å². The topological polar surface area (TPSA) is 204 Å². The largest absolute Gasteiger partial charge is 0.481 e. The summed E-state index contributed by atoms with van der Waals surface area (Å²) in [7, 11) is 0. The Morgan fingerprint density at radius 1 is 0.943 bits per heavy atom. The van der Waals surface area contributed by atoms with Gasteiger partial charge in [0, 0.05) is 23.5 Å². The highest BCUT2D eigenvalue weighted by atomic mass is 16.4. The first-order valence-corrected chi connectivity index (χ1v) is 11.1. The molecule has 3 unspecified atom stereocenters. The van der Waals surface area contributed by atoms with Crippen LogP contribution in [0.1, 0.15) is 32.3 Å². The third-order valence-electron chi connectivity index (χ3n) is 5.27. The van der Waals surface area contributed by atoms with Gasteiger partial charge < -0.3 is 36.9 Å². The summed E-state index contributed by atoms with van der Waals surface area (Å²) in [5, 5.41) is 26.8. The minimum atomic E-state index is -1.56. The highest BCUT2D eigenvalue weighted by Gasteiger charge is 2.31. The molecule has 0 saturated carbocycles. The van der Waals surface area contributed by atoms with E-state index in [1.807, 2.05) is 26.0 Å². The van der Waals surface area contributed by atoms with Crippen LogP contribution in [0.5, 0.6) is 0 Å². The van der Waals surface area contributed by atoms with Gasteiger partial charge >= 0.3 is 11.9 Å². The van der Waals surface area contributed by atoms with Gasteiger partial charge in [0.15, 0.2) is 0 Å². The molecule has 0 spiro atoms. The Morgan fingerprint density at radius 2 is 1.57 bits per heavy atom. The van der Waals surface area contributed by atoms with Crippen molar-refractivity contribution in [3.8, 4) is 0 Å². The molecule has 2 aromatic rings. The number of carboxylic acids is 2. The normalized spacial score (nSPS) is 13.6. The van der Waals surface area contributed by atoms with E-state index in [9.17, 15) is 34.2 Å². The van der Waals surface area contributed by atoms with Crippen molar-refractivity contribution in [2.24, 2.45) is 11.7 Å². The number of aliphatic carboxylic acids is 2. The number of carbonyl (C=O) groups is 5. The summed E-state index contributed by atoms with van der Waals surface area (Å²) in [6.07, 6.45) is 1.01. The van der Waals surface area contributed by atoms with Gasteiger partial charge in [-0.2, -0.15) is 0 Å². The molecule has 1 aromatic heterocycles. The monoisotopic (exact) mass is 489 g/mol. The lowest BCUT2D eigenvalue weighted by molar-refractivity contribution is -0.143. The molecule has 8 N–H and O–H groups in total. The van der Waals surface area contributed by atoms with Crippen molar-refractivity contribution in [1.29, 1.82) is 0 Å². The maximum atomic E-state index is 12.9. The number of fused-ring (bicyclic) bond motifs is 1. The van der Waals surface area contributed by atoms with Crippen molar-refractivity contribution in [3.63, 3.8) is 0 Å². The van der Waals surface area contributed by atoms with Gasteiger partial charge in [0.2, 0.25) is 17.7 Å². The number of rotatable bonds is 13. The van der Waals surface area contributed by atoms with E-state index in [1.165, 1.54) is 0 Å². The number of benzene rings is 1. The van der Waals surface area contributed by atoms with Crippen molar-refractivity contribution >= 4 is 40.6 Å². The summed E-state index contributed by atoms with van der Waals surface area (Å²) < 4.78 is 0. The van der Waals surface area contributed by atoms with Gasteiger partial charge in [-0.05, 0) is 24.0 Å². The number of para-hydroxylation sites is 1. The Morgan fingerprint density at radius 3 is 2.17 bits per heavy atom. The molecule has 0 bridgehead atoms. The van der Waals surface area contributed by atoms with Crippen molar-refractivity contribution < 1.29 is 34.2 Å². The van der Waals surface area contributed by atoms with E-state index in [-0.39, 0.29) is 25.3 Å². The van der Waals surface area contributed by atoms with Crippen LogP contribution in [0.25, 0.3) is 10.9 Å². The fourth-order valence-electron chi connectivity index (χ4n) is 3.61. The van der Waals surface area contributed by atoms with Crippen LogP contribution in [0.2, 0.25) is 0 Å². The van der Waals surface area contributed by atoms with Crippen LogP contribution in [0.4, 0.5) is 0 Å². The fourth-order valence-corrected chi connectivity index (χ4v) is 3.61. The zero-order valence-electron chi connectivity index (χ0n) is 19.5. The van der Waals surface area contributed by atoms with Gasteiger partial charge in [0.1, 0.15) is 18.1 Å². The molecule has 0 aliphatic rings. The van der Waals surface area contributed by atoms with Crippen LogP contribution in [0.15, 0.2) is 30.5 Å². The Bertz CT molecular complexity index is 1080. The number of hydrogen-bond donors (Lipinski definition) is 7. The second kappa shape index (κ2) is 12.5. The van der Waals surface area contributed by atoms with Crippen molar-refractivity contribution in [2.75, 3.05) is 6.54 Å². The SMILES string of the molecule is CC(C)CC(NC(=O)CN)C(=O)NC(CC(=O)O)C(=O)NC(Cc1c[nH]c2ccccc12)C(=O)O. The van der Waals surface area contributed by atoms with E-state index in [0.717, 1.165) is 10.9 Å². The fraction of sp³-hybridized carbons (Fsp3) is 0.435. The Balaban J connectivity index is 2.18. The van der Waals surface area contributed by atoms with Gasteiger partial charge in [-0.25, -0.2) is 4.79 Å². The Labute approximate surface area is 201 Å². The molecule has 0 saturated heterocycles. The molecule has 1 aromatic carbocycles. The number of amides is 3. The smallest absolute Gasteiger partial charge is 0.326 e. The maximum Gasteiger partial charge on any atom is 0.326 e. The molecule has 3 amide bonds. The van der Waals surface area contributed by atoms with Crippen LogP contribution in [-0.4, -0.2) is 69.5 Å². The third kappa shape index (κ3) is 8.10. The van der Waals surface area contributed by atoms with Crippen LogP contribution in [0, 0.1) is 5.92 Å². The lowest BCUT2D eigenvalue weighted by atomic mass is 10.0. The lowest BCUT2D eigenvalue weighted by Crippen LogP contribution is -2.57. The second-order valence-corrected chi connectivity index (χ2v) is 8.58. The van der Waals surface area contributed by atoms with E-state index >= 15 is 0 Å². The van der Waals surface area contributed by atoms with E-state index in [2.05, 4.69) is 20.9 Å². The molecule has 2 rings (SSSR count). The molecule has 190 valence electrons. The first-order chi connectivity index (χ1) is 16.5. The number of carboxylic acid groups (broad SMARTS) is 2. The van der Waals surface area contributed by atoms with Crippen molar-refractivity contribution in [3.05, 3.63) is 36.0 Å². The average Bonchev–Trinajstić information content (AvgIpc) is 3.19. The second-order valence-electron chi connectivity index (χ2n) is 8.58. The minimum Gasteiger partial charge on any atom is -0.481 e. The molecule has 3 atom stereocenters. The predicted octanol–water partition coefficient (Wildman–Crippen LogP) is -0.271. The van der Waals surface area contributed by atoms with Crippen LogP contribution < -0.4 is 21.7 Å². The molecule has 0 aliphatic carbocycles. The number of aromatic nitrogens is 1. The number of H-pyrrole nitrogens is 1. The molecule has 35 heavy (non-hydrogen) atoms. The number of carbonyl (C=O) groups excluding carboxylic acids is 3. The van der Waals surface area contributed by atoms with Crippen molar-refractivity contribution in [1.82, 2.24) is 20.9 Å². The minimum absolute atomic E-state index is 0.0110. The molecule has 0 aliphatic heterocycles. The highest BCUT2D eigenvalue weighted by molar-refractivity contribution is 5.95. The van der Waals surface area contributed by atoms with Gasteiger partial charge in [0.25, 0.3) is 0 Å². The molecular formula is C23H31N5O7. The highest BCUT2D eigenvalue weighted by Crippen LogP contribution is 2.19. The molecule has 0 radical (unpaired) electrons. The Hall–Kier alpha value is -3.93. The van der Waals surface area contributed by atoms with E-state index in [0.29, 0.717) is 5.56 Å². The zero-order chi connectivity index (χ0) is 26.1. The first kappa shape index (κ1) is 27.3. The van der Waals surface area contributed by atoms with E-state index in [1.54, 1.807) is 18.3 Å². The zero-order valence-corrected chi connectivity index (χ0v) is 19.5. The first-order valence-electron chi connectivity index (χ1n) is 11.1. The number of aromatic amines is 1. The molecule has 12 heteroatoms. The molecular weight excluding hydrogens is 458 g/mol. The summed E-state index contributed by atoms with van der Waals surface area (Å²) in [5.74, 6) is -5.04. The summed E-state index contributed by atoms with van der Waals surface area (Å²) in [5.41, 5.74) is 6.74. The van der Waals surface area contributed by atoms with Crippen LogP contribution in [0.3, 0.4) is 0 Å².